The SMILES string of the molecule is CC(=O)Sc1ccc(C)c(F)c1. The Labute approximate surface area is 75.0 Å². The summed E-state index contributed by atoms with van der Waals surface area (Å²) in [5.74, 6) is -0.263. The van der Waals surface area contributed by atoms with Crippen LogP contribution in [0.25, 0.3) is 0 Å². The first-order chi connectivity index (χ1) is 5.59. The summed E-state index contributed by atoms with van der Waals surface area (Å²) in [7, 11) is 0. The molecule has 0 aliphatic heterocycles. The van der Waals surface area contributed by atoms with E-state index in [0.717, 1.165) is 11.8 Å². The molecule has 0 unspecified atom stereocenters. The van der Waals surface area contributed by atoms with Gasteiger partial charge < -0.3 is 0 Å². The lowest BCUT2D eigenvalue weighted by Gasteiger charge is -1.99. The van der Waals surface area contributed by atoms with E-state index in [1.807, 2.05) is 0 Å². The Morgan fingerprint density at radius 2 is 2.17 bits per heavy atom. The first kappa shape index (κ1) is 9.26. The molecule has 0 bridgehead atoms. The van der Waals surface area contributed by atoms with Gasteiger partial charge in [0, 0.05) is 11.8 Å². The summed E-state index contributed by atoms with van der Waals surface area (Å²) in [6, 6.07) is 4.78. The van der Waals surface area contributed by atoms with E-state index in [2.05, 4.69) is 0 Å². The summed E-state index contributed by atoms with van der Waals surface area (Å²) in [6.45, 7) is 3.15. The average molecular weight is 184 g/mol. The first-order valence-corrected chi connectivity index (χ1v) is 4.36. The van der Waals surface area contributed by atoms with Gasteiger partial charge in [-0.1, -0.05) is 17.8 Å². The van der Waals surface area contributed by atoms with Gasteiger partial charge in [-0.15, -0.1) is 0 Å². The van der Waals surface area contributed by atoms with E-state index in [-0.39, 0.29) is 10.9 Å². The quantitative estimate of drug-likeness (QED) is 0.624. The van der Waals surface area contributed by atoms with Gasteiger partial charge in [-0.25, -0.2) is 4.39 Å². The Bertz CT molecular complexity index is 309. The van der Waals surface area contributed by atoms with Crippen molar-refractivity contribution in [2.75, 3.05) is 0 Å². The van der Waals surface area contributed by atoms with Crippen LogP contribution in [0.2, 0.25) is 0 Å². The Morgan fingerprint density at radius 3 is 2.67 bits per heavy atom. The number of halogens is 1. The van der Waals surface area contributed by atoms with E-state index >= 15 is 0 Å². The molecule has 0 saturated carbocycles. The van der Waals surface area contributed by atoms with Crippen molar-refractivity contribution < 1.29 is 9.18 Å². The molecular weight excluding hydrogens is 175 g/mol. The smallest absolute Gasteiger partial charge is 0.190 e. The monoisotopic (exact) mass is 184 g/mol. The molecule has 0 spiro atoms. The van der Waals surface area contributed by atoms with Crippen molar-refractivity contribution in [3.05, 3.63) is 29.6 Å². The van der Waals surface area contributed by atoms with Gasteiger partial charge in [0.05, 0.1) is 0 Å². The predicted molar refractivity (Wildman–Crippen MR) is 47.7 cm³/mol. The molecule has 1 aromatic carbocycles. The third-order valence-electron chi connectivity index (χ3n) is 1.40. The van der Waals surface area contributed by atoms with E-state index in [0.29, 0.717) is 10.5 Å². The van der Waals surface area contributed by atoms with Crippen molar-refractivity contribution in [2.24, 2.45) is 0 Å². The van der Waals surface area contributed by atoms with E-state index in [1.54, 1.807) is 19.1 Å². The fourth-order valence-corrected chi connectivity index (χ4v) is 1.43. The molecule has 0 aromatic heterocycles. The van der Waals surface area contributed by atoms with Crippen LogP contribution in [0.4, 0.5) is 4.39 Å². The molecule has 0 atom stereocenters. The Hall–Kier alpha value is -0.830. The zero-order chi connectivity index (χ0) is 9.14. The molecule has 0 saturated heterocycles. The molecule has 3 heteroatoms. The Kier molecular flexibility index (Phi) is 2.87. The molecule has 0 aliphatic carbocycles. The molecule has 0 radical (unpaired) electrons. The summed E-state index contributed by atoms with van der Waals surface area (Å²) in [5.41, 5.74) is 0.600. The van der Waals surface area contributed by atoms with Crippen LogP contribution in [-0.2, 0) is 4.79 Å². The van der Waals surface area contributed by atoms with Crippen molar-refractivity contribution in [3.63, 3.8) is 0 Å². The highest BCUT2D eigenvalue weighted by atomic mass is 32.2. The highest BCUT2D eigenvalue weighted by Crippen LogP contribution is 2.20. The van der Waals surface area contributed by atoms with E-state index in [1.165, 1.54) is 13.0 Å². The number of carbonyl (C=O) groups excluding carboxylic acids is 1. The maximum Gasteiger partial charge on any atom is 0.190 e. The van der Waals surface area contributed by atoms with E-state index < -0.39 is 0 Å². The van der Waals surface area contributed by atoms with Crippen LogP contribution in [-0.4, -0.2) is 5.12 Å². The number of benzene rings is 1. The van der Waals surface area contributed by atoms with Crippen LogP contribution < -0.4 is 0 Å². The maximum atomic E-state index is 12.9. The van der Waals surface area contributed by atoms with Crippen molar-refractivity contribution in [2.45, 2.75) is 18.7 Å². The van der Waals surface area contributed by atoms with Gasteiger partial charge in [0.15, 0.2) is 5.12 Å². The van der Waals surface area contributed by atoms with Gasteiger partial charge in [0.25, 0.3) is 0 Å². The highest BCUT2D eigenvalue weighted by molar-refractivity contribution is 8.13. The number of aryl methyl sites for hydroxylation is 1. The lowest BCUT2D eigenvalue weighted by molar-refractivity contribution is -0.109. The maximum absolute atomic E-state index is 12.9. The fourth-order valence-electron chi connectivity index (χ4n) is 0.803. The van der Waals surface area contributed by atoms with Crippen LogP contribution in [0, 0.1) is 12.7 Å². The number of carbonyl (C=O) groups is 1. The number of rotatable bonds is 1. The van der Waals surface area contributed by atoms with Crippen molar-refractivity contribution in [1.29, 1.82) is 0 Å². The molecule has 0 N–H and O–H groups in total. The van der Waals surface area contributed by atoms with Crippen LogP contribution in [0.5, 0.6) is 0 Å². The number of hydrogen-bond acceptors (Lipinski definition) is 2. The molecule has 12 heavy (non-hydrogen) atoms. The molecule has 1 rings (SSSR count). The molecule has 0 amide bonds. The van der Waals surface area contributed by atoms with Gasteiger partial charge >= 0.3 is 0 Å². The zero-order valence-electron chi connectivity index (χ0n) is 6.93. The van der Waals surface area contributed by atoms with Gasteiger partial charge in [-0.2, -0.15) is 0 Å². The fraction of sp³-hybridized carbons (Fsp3) is 0.222. The summed E-state index contributed by atoms with van der Waals surface area (Å²) in [6.07, 6.45) is 0. The van der Waals surface area contributed by atoms with E-state index in [9.17, 15) is 9.18 Å². The normalized spacial score (nSPS) is 9.92. The zero-order valence-corrected chi connectivity index (χ0v) is 7.74. The van der Waals surface area contributed by atoms with Crippen LogP contribution in [0.1, 0.15) is 12.5 Å². The molecule has 1 nitrogen and oxygen atoms in total. The van der Waals surface area contributed by atoms with Crippen LogP contribution in [0.3, 0.4) is 0 Å². The van der Waals surface area contributed by atoms with Crippen LogP contribution in [0.15, 0.2) is 23.1 Å². The minimum absolute atomic E-state index is 0.0294. The number of thioether (sulfide) groups is 1. The van der Waals surface area contributed by atoms with Gasteiger partial charge in [-0.05, 0) is 24.6 Å². The third-order valence-corrected chi connectivity index (χ3v) is 2.18. The van der Waals surface area contributed by atoms with Gasteiger partial charge in [-0.3, -0.25) is 4.79 Å². The second-order valence-corrected chi connectivity index (χ2v) is 3.76. The first-order valence-electron chi connectivity index (χ1n) is 3.54. The summed E-state index contributed by atoms with van der Waals surface area (Å²) in [4.78, 5) is 11.3. The van der Waals surface area contributed by atoms with Crippen molar-refractivity contribution in [3.8, 4) is 0 Å². The molecule has 1 aromatic rings. The molecule has 64 valence electrons. The third kappa shape index (κ3) is 2.34. The average Bonchev–Trinajstić information content (AvgIpc) is 1.96. The number of hydrogen-bond donors (Lipinski definition) is 0. The molecular formula is C9H9FOS. The summed E-state index contributed by atoms with van der Waals surface area (Å²) in [5, 5.41) is -0.0294. The topological polar surface area (TPSA) is 17.1 Å². The standard InChI is InChI=1S/C9H9FOS/c1-6-3-4-8(5-9(6)10)12-7(2)11/h3-5H,1-2H3. The van der Waals surface area contributed by atoms with Crippen LogP contribution >= 0.6 is 11.8 Å². The van der Waals surface area contributed by atoms with Crippen molar-refractivity contribution >= 4 is 16.9 Å². The minimum Gasteiger partial charge on any atom is -0.287 e. The lowest BCUT2D eigenvalue weighted by atomic mass is 10.2. The largest absolute Gasteiger partial charge is 0.287 e. The molecule has 0 aliphatic rings. The Balaban J connectivity index is 2.89. The molecule has 0 fully saturated rings. The minimum atomic E-state index is -0.263. The second-order valence-electron chi connectivity index (χ2n) is 2.50. The lowest BCUT2D eigenvalue weighted by Crippen LogP contribution is -1.85. The highest BCUT2D eigenvalue weighted by Gasteiger charge is 2.01. The summed E-state index contributed by atoms with van der Waals surface area (Å²) < 4.78 is 12.9. The Morgan fingerprint density at radius 1 is 1.50 bits per heavy atom. The van der Waals surface area contributed by atoms with E-state index in [4.69, 9.17) is 0 Å². The van der Waals surface area contributed by atoms with Gasteiger partial charge in [0.2, 0.25) is 0 Å². The molecule has 0 heterocycles. The predicted octanol–water partition coefficient (Wildman–Crippen LogP) is 2.77. The second kappa shape index (κ2) is 3.72. The van der Waals surface area contributed by atoms with Crippen molar-refractivity contribution in [1.82, 2.24) is 0 Å². The summed E-state index contributed by atoms with van der Waals surface area (Å²) >= 11 is 1.04. The van der Waals surface area contributed by atoms with Gasteiger partial charge in [0.1, 0.15) is 5.82 Å².